The number of unbranched alkanes of at least 4 members (excludes halogenated alkanes) is 2. The standard InChI is InChI=1S/C34H42N3O/c1-7-10-12-21-33(4,5)26-18-15-24(16-19-26)31-35-36-32(38-31)25-17-20-27-28(23-25)30-14-11-13-22-37(30)34(6,9-3)29(27)8-2/h11,13-20,22-23,29H,7-10,12,21H2,1-6H3/q+1. The van der Waals surface area contributed by atoms with Crippen LogP contribution in [0.5, 0.6) is 0 Å². The Kier molecular flexibility index (Phi) is 7.26. The van der Waals surface area contributed by atoms with Gasteiger partial charge >= 0.3 is 0 Å². The second-order valence-electron chi connectivity index (χ2n) is 11.8. The maximum Gasteiger partial charge on any atom is 0.248 e. The van der Waals surface area contributed by atoms with Crippen LogP contribution in [0.2, 0.25) is 0 Å². The molecule has 3 heterocycles. The summed E-state index contributed by atoms with van der Waals surface area (Å²) in [6.07, 6.45) is 9.40. The molecule has 0 radical (unpaired) electrons. The van der Waals surface area contributed by atoms with Gasteiger partial charge in [0, 0.05) is 42.5 Å². The van der Waals surface area contributed by atoms with Crippen molar-refractivity contribution in [3.8, 4) is 34.2 Å². The molecule has 198 valence electrons. The quantitative estimate of drug-likeness (QED) is 0.167. The van der Waals surface area contributed by atoms with E-state index in [4.69, 9.17) is 4.42 Å². The van der Waals surface area contributed by atoms with Gasteiger partial charge in [-0.3, -0.25) is 0 Å². The highest BCUT2D eigenvalue weighted by molar-refractivity contribution is 5.71. The number of hydrogen-bond acceptors (Lipinski definition) is 3. The fourth-order valence-electron chi connectivity index (χ4n) is 6.38. The molecule has 0 saturated carbocycles. The molecule has 2 aromatic carbocycles. The van der Waals surface area contributed by atoms with Crippen LogP contribution in [0.15, 0.2) is 71.3 Å². The molecule has 2 aromatic heterocycles. The molecule has 2 atom stereocenters. The lowest BCUT2D eigenvalue weighted by molar-refractivity contribution is -0.758. The predicted octanol–water partition coefficient (Wildman–Crippen LogP) is 8.85. The van der Waals surface area contributed by atoms with Crippen molar-refractivity contribution < 1.29 is 8.98 Å². The van der Waals surface area contributed by atoms with E-state index in [1.807, 2.05) is 0 Å². The summed E-state index contributed by atoms with van der Waals surface area (Å²) in [5.74, 6) is 1.57. The summed E-state index contributed by atoms with van der Waals surface area (Å²) < 4.78 is 8.70. The fourth-order valence-corrected chi connectivity index (χ4v) is 6.38. The maximum atomic E-state index is 6.23. The lowest BCUT2D eigenvalue weighted by Gasteiger charge is -2.37. The molecule has 0 aliphatic carbocycles. The van der Waals surface area contributed by atoms with E-state index in [-0.39, 0.29) is 11.0 Å². The second kappa shape index (κ2) is 10.5. The minimum absolute atomic E-state index is 0.0498. The molecule has 38 heavy (non-hydrogen) atoms. The van der Waals surface area contributed by atoms with Crippen molar-refractivity contribution in [1.29, 1.82) is 0 Å². The van der Waals surface area contributed by atoms with E-state index >= 15 is 0 Å². The summed E-state index contributed by atoms with van der Waals surface area (Å²) in [5.41, 5.74) is 7.40. The number of benzene rings is 2. The highest BCUT2D eigenvalue weighted by atomic mass is 16.4. The zero-order valence-electron chi connectivity index (χ0n) is 23.9. The van der Waals surface area contributed by atoms with Crippen molar-refractivity contribution in [2.75, 3.05) is 0 Å². The number of nitrogens with zero attached hydrogens (tertiary/aromatic N) is 3. The van der Waals surface area contributed by atoms with Gasteiger partial charge in [0.15, 0.2) is 11.7 Å². The summed E-state index contributed by atoms with van der Waals surface area (Å²) in [7, 11) is 0. The Balaban J connectivity index is 1.45. The number of aromatic nitrogens is 3. The molecule has 4 aromatic rings. The minimum Gasteiger partial charge on any atom is -0.416 e. The van der Waals surface area contributed by atoms with Gasteiger partial charge in [-0.15, -0.1) is 10.2 Å². The first-order chi connectivity index (χ1) is 18.3. The molecule has 0 amide bonds. The monoisotopic (exact) mass is 508 g/mol. The third-order valence-corrected chi connectivity index (χ3v) is 8.98. The first-order valence-corrected chi connectivity index (χ1v) is 14.4. The van der Waals surface area contributed by atoms with Crippen molar-refractivity contribution in [2.24, 2.45) is 0 Å². The van der Waals surface area contributed by atoms with Gasteiger partial charge in [-0.1, -0.05) is 72.1 Å². The van der Waals surface area contributed by atoms with Crippen LogP contribution in [-0.4, -0.2) is 10.2 Å². The highest BCUT2D eigenvalue weighted by Crippen LogP contribution is 2.45. The molecule has 0 bridgehead atoms. The number of hydrogen-bond donors (Lipinski definition) is 0. The average molecular weight is 509 g/mol. The van der Waals surface area contributed by atoms with E-state index in [9.17, 15) is 0 Å². The SMILES string of the molecule is CCCCCC(C)(C)c1ccc(-c2nnc(-c3ccc4c(c3)-c3cccc[n+]3C(C)(CC)C4CC)o2)cc1. The van der Waals surface area contributed by atoms with Gasteiger partial charge in [-0.25, -0.2) is 0 Å². The van der Waals surface area contributed by atoms with Gasteiger partial charge < -0.3 is 4.42 Å². The Morgan fingerprint density at radius 3 is 2.29 bits per heavy atom. The lowest BCUT2D eigenvalue weighted by Crippen LogP contribution is -2.60. The Labute approximate surface area is 228 Å². The van der Waals surface area contributed by atoms with E-state index in [2.05, 4.69) is 123 Å². The molecule has 2 unspecified atom stereocenters. The van der Waals surface area contributed by atoms with Crippen LogP contribution in [0.1, 0.15) is 97.1 Å². The molecular weight excluding hydrogens is 466 g/mol. The van der Waals surface area contributed by atoms with E-state index in [0.717, 1.165) is 24.0 Å². The van der Waals surface area contributed by atoms with Crippen LogP contribution < -0.4 is 4.57 Å². The molecule has 4 heteroatoms. The molecule has 0 saturated heterocycles. The molecule has 0 fully saturated rings. The average Bonchev–Trinajstić information content (AvgIpc) is 3.44. The maximum absolute atomic E-state index is 6.23. The van der Waals surface area contributed by atoms with E-state index < -0.39 is 0 Å². The Bertz CT molecular complexity index is 1400. The van der Waals surface area contributed by atoms with Crippen molar-refractivity contribution in [3.05, 3.63) is 78.0 Å². The zero-order chi connectivity index (χ0) is 26.9. The third kappa shape index (κ3) is 4.59. The van der Waals surface area contributed by atoms with Crippen molar-refractivity contribution in [3.63, 3.8) is 0 Å². The Morgan fingerprint density at radius 1 is 0.895 bits per heavy atom. The van der Waals surface area contributed by atoms with E-state index in [1.54, 1.807) is 0 Å². The first-order valence-electron chi connectivity index (χ1n) is 14.4. The van der Waals surface area contributed by atoms with E-state index in [0.29, 0.717) is 17.7 Å². The number of rotatable bonds is 9. The van der Waals surface area contributed by atoms with Crippen LogP contribution >= 0.6 is 0 Å². The molecule has 4 nitrogen and oxygen atoms in total. The Morgan fingerprint density at radius 2 is 1.61 bits per heavy atom. The van der Waals surface area contributed by atoms with Crippen molar-refractivity contribution in [2.45, 2.75) is 96.9 Å². The number of pyridine rings is 1. The van der Waals surface area contributed by atoms with Crippen LogP contribution in [0.3, 0.4) is 0 Å². The molecular formula is C34H42N3O+. The summed E-state index contributed by atoms with van der Waals surface area (Å²) in [4.78, 5) is 0. The van der Waals surface area contributed by atoms with Crippen molar-refractivity contribution in [1.82, 2.24) is 10.2 Å². The molecule has 1 aliphatic rings. The minimum atomic E-state index is 0.0498. The summed E-state index contributed by atoms with van der Waals surface area (Å²) in [6, 6.07) is 21.8. The van der Waals surface area contributed by atoms with Gasteiger partial charge in [-0.05, 0) is 59.7 Å². The molecule has 1 aliphatic heterocycles. The van der Waals surface area contributed by atoms with Gasteiger partial charge in [0.1, 0.15) is 0 Å². The highest BCUT2D eigenvalue weighted by Gasteiger charge is 2.47. The third-order valence-electron chi connectivity index (χ3n) is 8.98. The van der Waals surface area contributed by atoms with Gasteiger partial charge in [0.2, 0.25) is 17.5 Å². The van der Waals surface area contributed by atoms with Crippen LogP contribution in [0.4, 0.5) is 0 Å². The normalized spacial score (nSPS) is 18.7. The largest absolute Gasteiger partial charge is 0.416 e. The zero-order valence-corrected chi connectivity index (χ0v) is 23.9. The molecule has 0 N–H and O–H groups in total. The summed E-state index contributed by atoms with van der Waals surface area (Å²) in [6.45, 7) is 13.9. The molecule has 5 rings (SSSR count). The first kappa shape index (κ1) is 26.3. The van der Waals surface area contributed by atoms with Gasteiger partial charge in [0.05, 0.1) is 5.56 Å². The summed E-state index contributed by atoms with van der Waals surface area (Å²) in [5, 5.41) is 8.87. The predicted molar refractivity (Wildman–Crippen MR) is 155 cm³/mol. The van der Waals surface area contributed by atoms with Crippen molar-refractivity contribution >= 4 is 0 Å². The lowest BCUT2D eigenvalue weighted by atomic mass is 9.71. The summed E-state index contributed by atoms with van der Waals surface area (Å²) >= 11 is 0. The van der Waals surface area contributed by atoms with Crippen LogP contribution in [0.25, 0.3) is 34.2 Å². The van der Waals surface area contributed by atoms with Crippen LogP contribution in [-0.2, 0) is 11.0 Å². The van der Waals surface area contributed by atoms with Gasteiger partial charge in [0.25, 0.3) is 0 Å². The smallest absolute Gasteiger partial charge is 0.248 e. The van der Waals surface area contributed by atoms with Gasteiger partial charge in [-0.2, -0.15) is 4.57 Å². The molecule has 0 spiro atoms. The topological polar surface area (TPSA) is 42.8 Å². The second-order valence-corrected chi connectivity index (χ2v) is 11.8. The van der Waals surface area contributed by atoms with E-state index in [1.165, 1.54) is 48.1 Å². The fraction of sp³-hybridized carbons (Fsp3) is 0.441. The van der Waals surface area contributed by atoms with Crippen LogP contribution in [0, 0.1) is 0 Å². The number of fused-ring (bicyclic) bond motifs is 3. The Hall–Kier alpha value is -3.27.